The molecule has 0 saturated heterocycles. The second-order valence-electron chi connectivity index (χ2n) is 16.4. The molecule has 1 unspecified atom stereocenters. The SMILES string of the molecule is CCC/C=C\C/C=C\CCCCCCCC(=O)OC(COC(=O)CCCCCCCCC)COC(=O)CCCCCCCCCCCCCCCCCCCC. The van der Waals surface area contributed by atoms with Crippen LogP contribution in [-0.2, 0) is 28.6 Å². The van der Waals surface area contributed by atoms with Gasteiger partial charge in [-0.2, -0.15) is 0 Å². The molecule has 0 aliphatic carbocycles. The highest BCUT2D eigenvalue weighted by Crippen LogP contribution is 2.16. The topological polar surface area (TPSA) is 78.9 Å². The van der Waals surface area contributed by atoms with Crippen LogP contribution in [0.25, 0.3) is 0 Å². The van der Waals surface area contributed by atoms with Crippen molar-refractivity contribution in [3.8, 4) is 0 Å². The molecule has 0 N–H and O–H groups in total. The Hall–Kier alpha value is -2.11. The van der Waals surface area contributed by atoms with E-state index in [1.54, 1.807) is 0 Å². The van der Waals surface area contributed by atoms with E-state index in [0.29, 0.717) is 19.3 Å². The summed E-state index contributed by atoms with van der Waals surface area (Å²) in [6.45, 7) is 6.54. The van der Waals surface area contributed by atoms with Gasteiger partial charge in [-0.05, 0) is 44.9 Å². The Kier molecular flexibility index (Phi) is 43.9. The first-order valence-corrected chi connectivity index (χ1v) is 24.3. The minimum atomic E-state index is -0.770. The zero-order valence-electron chi connectivity index (χ0n) is 37.4. The number of esters is 3. The monoisotopic (exact) mass is 789 g/mol. The fourth-order valence-corrected chi connectivity index (χ4v) is 7.01. The quantitative estimate of drug-likeness (QED) is 0.0265. The Morgan fingerprint density at radius 2 is 0.679 bits per heavy atom. The van der Waals surface area contributed by atoms with Crippen molar-refractivity contribution in [2.75, 3.05) is 13.2 Å². The molecule has 0 bridgehead atoms. The number of carbonyl (C=O) groups excluding carboxylic acids is 3. The summed E-state index contributed by atoms with van der Waals surface area (Å²) in [7, 11) is 0. The Bertz CT molecular complexity index is 911. The van der Waals surface area contributed by atoms with Crippen LogP contribution >= 0.6 is 0 Å². The van der Waals surface area contributed by atoms with Crippen molar-refractivity contribution in [3.63, 3.8) is 0 Å². The molecule has 0 heterocycles. The highest BCUT2D eigenvalue weighted by molar-refractivity contribution is 5.71. The van der Waals surface area contributed by atoms with Crippen LogP contribution in [0.3, 0.4) is 0 Å². The molecular formula is C50H92O6. The van der Waals surface area contributed by atoms with E-state index in [1.165, 1.54) is 128 Å². The first kappa shape index (κ1) is 53.9. The van der Waals surface area contributed by atoms with E-state index in [4.69, 9.17) is 14.2 Å². The van der Waals surface area contributed by atoms with Crippen molar-refractivity contribution in [1.82, 2.24) is 0 Å². The van der Waals surface area contributed by atoms with Crippen molar-refractivity contribution < 1.29 is 28.6 Å². The highest BCUT2D eigenvalue weighted by atomic mass is 16.6. The fourth-order valence-electron chi connectivity index (χ4n) is 7.01. The summed E-state index contributed by atoms with van der Waals surface area (Å²) < 4.78 is 16.7. The second-order valence-corrected chi connectivity index (χ2v) is 16.4. The average molecular weight is 789 g/mol. The summed E-state index contributed by atoms with van der Waals surface area (Å²) in [6, 6.07) is 0. The molecule has 0 aromatic rings. The molecule has 0 amide bonds. The predicted octanol–water partition coefficient (Wildman–Crippen LogP) is 15.6. The van der Waals surface area contributed by atoms with Crippen LogP contribution in [0.4, 0.5) is 0 Å². The normalized spacial score (nSPS) is 12.1. The summed E-state index contributed by atoms with van der Waals surface area (Å²) in [5.41, 5.74) is 0. The van der Waals surface area contributed by atoms with Crippen LogP contribution in [0.1, 0.15) is 258 Å². The average Bonchev–Trinajstić information content (AvgIpc) is 3.19. The smallest absolute Gasteiger partial charge is 0.306 e. The van der Waals surface area contributed by atoms with Gasteiger partial charge >= 0.3 is 17.9 Å². The first-order chi connectivity index (χ1) is 27.5. The third-order valence-corrected chi connectivity index (χ3v) is 10.7. The van der Waals surface area contributed by atoms with E-state index in [0.717, 1.165) is 89.9 Å². The third-order valence-electron chi connectivity index (χ3n) is 10.7. The van der Waals surface area contributed by atoms with Gasteiger partial charge in [0.1, 0.15) is 13.2 Å². The minimum absolute atomic E-state index is 0.0732. The van der Waals surface area contributed by atoms with E-state index in [2.05, 4.69) is 45.1 Å². The van der Waals surface area contributed by atoms with Gasteiger partial charge in [-0.3, -0.25) is 14.4 Å². The molecule has 0 rings (SSSR count). The van der Waals surface area contributed by atoms with Crippen molar-refractivity contribution in [2.45, 2.75) is 264 Å². The van der Waals surface area contributed by atoms with E-state index >= 15 is 0 Å². The van der Waals surface area contributed by atoms with Crippen LogP contribution in [0.5, 0.6) is 0 Å². The molecule has 1 atom stereocenters. The molecule has 56 heavy (non-hydrogen) atoms. The van der Waals surface area contributed by atoms with Crippen LogP contribution in [0.2, 0.25) is 0 Å². The molecule has 0 saturated carbocycles. The zero-order chi connectivity index (χ0) is 40.8. The lowest BCUT2D eigenvalue weighted by Crippen LogP contribution is -2.30. The summed E-state index contributed by atoms with van der Waals surface area (Å²) in [4.78, 5) is 37.7. The Labute approximate surface area is 347 Å². The molecule has 0 aromatic carbocycles. The molecule has 0 aliphatic rings. The van der Waals surface area contributed by atoms with Gasteiger partial charge in [0.25, 0.3) is 0 Å². The van der Waals surface area contributed by atoms with E-state index < -0.39 is 6.10 Å². The van der Waals surface area contributed by atoms with E-state index in [1.807, 2.05) is 0 Å². The van der Waals surface area contributed by atoms with E-state index in [9.17, 15) is 14.4 Å². The predicted molar refractivity (Wildman–Crippen MR) is 238 cm³/mol. The van der Waals surface area contributed by atoms with Gasteiger partial charge in [0, 0.05) is 19.3 Å². The number of allylic oxidation sites excluding steroid dienone is 4. The maximum Gasteiger partial charge on any atom is 0.306 e. The molecule has 6 nitrogen and oxygen atoms in total. The van der Waals surface area contributed by atoms with Crippen molar-refractivity contribution in [2.24, 2.45) is 0 Å². The van der Waals surface area contributed by atoms with Gasteiger partial charge in [-0.1, -0.05) is 218 Å². The summed E-state index contributed by atoms with van der Waals surface area (Å²) in [5, 5.41) is 0. The number of carbonyl (C=O) groups is 3. The van der Waals surface area contributed by atoms with Gasteiger partial charge in [-0.25, -0.2) is 0 Å². The largest absolute Gasteiger partial charge is 0.462 e. The molecular weight excluding hydrogens is 697 g/mol. The van der Waals surface area contributed by atoms with Crippen molar-refractivity contribution in [3.05, 3.63) is 24.3 Å². The maximum absolute atomic E-state index is 12.7. The van der Waals surface area contributed by atoms with Gasteiger partial charge in [0.05, 0.1) is 0 Å². The van der Waals surface area contributed by atoms with Crippen LogP contribution < -0.4 is 0 Å². The van der Waals surface area contributed by atoms with Crippen LogP contribution in [-0.4, -0.2) is 37.2 Å². The molecule has 0 fully saturated rings. The zero-order valence-corrected chi connectivity index (χ0v) is 37.4. The summed E-state index contributed by atoms with van der Waals surface area (Å²) in [5.74, 6) is -0.885. The first-order valence-electron chi connectivity index (χ1n) is 24.3. The maximum atomic E-state index is 12.7. The van der Waals surface area contributed by atoms with E-state index in [-0.39, 0.29) is 31.1 Å². The van der Waals surface area contributed by atoms with Gasteiger partial charge in [0.15, 0.2) is 6.10 Å². The van der Waals surface area contributed by atoms with Gasteiger partial charge in [-0.15, -0.1) is 0 Å². The second kappa shape index (κ2) is 45.6. The number of unbranched alkanes of at least 4 members (excludes halogenated alkanes) is 29. The number of ether oxygens (including phenoxy) is 3. The fraction of sp³-hybridized carbons (Fsp3) is 0.860. The molecule has 0 spiro atoms. The number of hydrogen-bond acceptors (Lipinski definition) is 6. The standard InChI is InChI=1S/C50H92O6/c1-4-7-10-13-16-18-20-22-23-24-25-26-28-29-31-34-37-40-43-49(52)55-46-47(45-54-48(51)42-39-36-33-15-12-9-6-3)56-50(53)44-41-38-35-32-30-27-21-19-17-14-11-8-5-2/h11,14,19,21,47H,4-10,12-13,15-18,20,22-46H2,1-3H3/b14-11-,21-19-. The lowest BCUT2D eigenvalue weighted by atomic mass is 10.0. The Morgan fingerprint density at radius 3 is 1.05 bits per heavy atom. The van der Waals surface area contributed by atoms with Crippen molar-refractivity contribution >= 4 is 17.9 Å². The minimum Gasteiger partial charge on any atom is -0.462 e. The van der Waals surface area contributed by atoms with Crippen molar-refractivity contribution in [1.29, 1.82) is 0 Å². The molecule has 6 heteroatoms. The lowest BCUT2D eigenvalue weighted by molar-refractivity contribution is -0.167. The van der Waals surface area contributed by atoms with Crippen LogP contribution in [0.15, 0.2) is 24.3 Å². The Morgan fingerprint density at radius 1 is 0.357 bits per heavy atom. The molecule has 328 valence electrons. The summed E-state index contributed by atoms with van der Waals surface area (Å²) >= 11 is 0. The van der Waals surface area contributed by atoms with Crippen LogP contribution in [0, 0.1) is 0 Å². The number of hydrogen-bond donors (Lipinski definition) is 0. The number of rotatable bonds is 44. The van der Waals surface area contributed by atoms with Gasteiger partial charge in [0.2, 0.25) is 0 Å². The molecule has 0 aromatic heterocycles. The molecule has 0 radical (unpaired) electrons. The summed E-state index contributed by atoms with van der Waals surface area (Å²) in [6.07, 6.45) is 50.3. The highest BCUT2D eigenvalue weighted by Gasteiger charge is 2.19. The lowest BCUT2D eigenvalue weighted by Gasteiger charge is -2.18. The van der Waals surface area contributed by atoms with Gasteiger partial charge < -0.3 is 14.2 Å². The third kappa shape index (κ3) is 43.0. The Balaban J connectivity index is 4.22. The molecule has 0 aliphatic heterocycles.